The molecule has 0 spiro atoms. The molecule has 0 aliphatic carbocycles. The Labute approximate surface area is 129 Å². The molecule has 120 valence electrons. The summed E-state index contributed by atoms with van der Waals surface area (Å²) in [6, 6.07) is 1.57. The fraction of sp³-hybridized carbons (Fsp3) is 0.462. The Bertz CT molecular complexity index is 723. The van der Waals surface area contributed by atoms with E-state index in [9.17, 15) is 13.2 Å². The number of carbonyl (C=O) groups excluding carboxylic acids is 1. The number of aromatic nitrogens is 3. The van der Waals surface area contributed by atoms with Gasteiger partial charge >= 0.3 is 0 Å². The van der Waals surface area contributed by atoms with Crippen molar-refractivity contribution in [2.45, 2.75) is 25.8 Å². The van der Waals surface area contributed by atoms with Crippen molar-refractivity contribution in [3.63, 3.8) is 0 Å². The summed E-state index contributed by atoms with van der Waals surface area (Å²) in [6.07, 6.45) is 7.13. The number of nitrogens with one attached hydrogen (secondary N) is 2. The molecule has 0 aliphatic heterocycles. The summed E-state index contributed by atoms with van der Waals surface area (Å²) in [5.74, 6) is 0.344. The minimum Gasteiger partial charge on any atom is -0.348 e. The second-order valence-corrected chi connectivity index (χ2v) is 6.77. The standard InChI is InChI=1S/C13H19N5O3S/c1-3-10(16-12(19)5-7-15-22(2,20)21)11-9-18-8-4-6-14-13(18)17-11/h4,6,8-10,15H,3,5,7H2,1-2H3,(H,16,19)/t10-/m1/s1. The van der Waals surface area contributed by atoms with E-state index in [-0.39, 0.29) is 24.9 Å². The van der Waals surface area contributed by atoms with Crippen LogP contribution in [0.4, 0.5) is 0 Å². The molecule has 0 saturated heterocycles. The summed E-state index contributed by atoms with van der Waals surface area (Å²) in [5, 5.41) is 2.85. The molecule has 1 atom stereocenters. The molecule has 9 heteroatoms. The number of rotatable bonds is 7. The lowest BCUT2D eigenvalue weighted by Gasteiger charge is -2.14. The second-order valence-electron chi connectivity index (χ2n) is 4.94. The summed E-state index contributed by atoms with van der Waals surface area (Å²) < 4.78 is 26.0. The molecule has 0 fully saturated rings. The van der Waals surface area contributed by atoms with Crippen LogP contribution in [0.15, 0.2) is 24.7 Å². The maximum Gasteiger partial charge on any atom is 0.233 e. The van der Waals surface area contributed by atoms with Crippen molar-refractivity contribution in [3.8, 4) is 0 Å². The van der Waals surface area contributed by atoms with Crippen LogP contribution in [0, 0.1) is 0 Å². The number of hydrogen-bond acceptors (Lipinski definition) is 5. The average Bonchev–Trinajstić information content (AvgIpc) is 2.87. The predicted octanol–water partition coefficient (Wildman–Crippen LogP) is 0.236. The number of carbonyl (C=O) groups is 1. The van der Waals surface area contributed by atoms with Crippen LogP contribution in [0.5, 0.6) is 0 Å². The summed E-state index contributed by atoms with van der Waals surface area (Å²) in [4.78, 5) is 20.4. The Balaban J connectivity index is 1.98. The van der Waals surface area contributed by atoms with Gasteiger partial charge in [-0.05, 0) is 12.5 Å². The van der Waals surface area contributed by atoms with Crippen LogP contribution >= 0.6 is 0 Å². The first-order valence-corrected chi connectivity index (χ1v) is 8.82. The highest BCUT2D eigenvalue weighted by molar-refractivity contribution is 7.88. The van der Waals surface area contributed by atoms with E-state index in [2.05, 4.69) is 20.0 Å². The quantitative estimate of drug-likeness (QED) is 0.758. The third-order valence-corrected chi connectivity index (χ3v) is 3.80. The largest absolute Gasteiger partial charge is 0.348 e. The fourth-order valence-electron chi connectivity index (χ4n) is 2.02. The fourth-order valence-corrected chi connectivity index (χ4v) is 2.49. The molecule has 0 unspecified atom stereocenters. The molecule has 8 nitrogen and oxygen atoms in total. The van der Waals surface area contributed by atoms with E-state index in [0.717, 1.165) is 11.9 Å². The lowest BCUT2D eigenvalue weighted by Crippen LogP contribution is -2.32. The molecule has 0 aromatic carbocycles. The first kappa shape index (κ1) is 16.4. The van der Waals surface area contributed by atoms with E-state index in [1.54, 1.807) is 16.7 Å². The Morgan fingerprint density at radius 2 is 2.23 bits per heavy atom. The van der Waals surface area contributed by atoms with Crippen molar-refractivity contribution in [1.82, 2.24) is 24.4 Å². The van der Waals surface area contributed by atoms with Gasteiger partial charge in [0.15, 0.2) is 0 Å². The van der Waals surface area contributed by atoms with Gasteiger partial charge in [0, 0.05) is 31.6 Å². The van der Waals surface area contributed by atoms with Crippen LogP contribution in [-0.4, -0.2) is 41.5 Å². The van der Waals surface area contributed by atoms with E-state index >= 15 is 0 Å². The molecule has 1 amide bonds. The van der Waals surface area contributed by atoms with Crippen LogP contribution in [0.1, 0.15) is 31.5 Å². The zero-order valence-corrected chi connectivity index (χ0v) is 13.3. The van der Waals surface area contributed by atoms with Crippen LogP contribution < -0.4 is 10.0 Å². The number of fused-ring (bicyclic) bond motifs is 1. The summed E-state index contributed by atoms with van der Waals surface area (Å²) >= 11 is 0. The lowest BCUT2D eigenvalue weighted by molar-refractivity contribution is -0.121. The normalized spacial score (nSPS) is 13.2. The lowest BCUT2D eigenvalue weighted by atomic mass is 10.1. The van der Waals surface area contributed by atoms with Gasteiger partial charge in [-0.1, -0.05) is 6.92 Å². The number of imidazole rings is 1. The topological polar surface area (TPSA) is 105 Å². The van der Waals surface area contributed by atoms with Crippen LogP contribution in [0.2, 0.25) is 0 Å². The summed E-state index contributed by atoms with van der Waals surface area (Å²) in [6.45, 7) is 2.02. The van der Waals surface area contributed by atoms with E-state index in [1.807, 2.05) is 19.3 Å². The van der Waals surface area contributed by atoms with Gasteiger partial charge in [-0.2, -0.15) is 0 Å². The van der Waals surface area contributed by atoms with Gasteiger partial charge in [0.1, 0.15) is 0 Å². The van der Waals surface area contributed by atoms with Gasteiger partial charge in [0.25, 0.3) is 0 Å². The van der Waals surface area contributed by atoms with Gasteiger partial charge in [-0.25, -0.2) is 23.1 Å². The minimum absolute atomic E-state index is 0.0772. The molecule has 2 aromatic rings. The number of amides is 1. The third-order valence-electron chi connectivity index (χ3n) is 3.07. The third kappa shape index (κ3) is 4.50. The highest BCUT2D eigenvalue weighted by Crippen LogP contribution is 2.15. The zero-order chi connectivity index (χ0) is 16.2. The molecule has 2 heterocycles. The van der Waals surface area contributed by atoms with Crippen molar-refractivity contribution in [2.24, 2.45) is 0 Å². The molecule has 2 N–H and O–H groups in total. The first-order valence-electron chi connectivity index (χ1n) is 6.92. The summed E-state index contributed by atoms with van der Waals surface area (Å²) in [7, 11) is -3.28. The van der Waals surface area contributed by atoms with Gasteiger partial charge in [0.05, 0.1) is 18.0 Å². The Hall–Kier alpha value is -2.00. The van der Waals surface area contributed by atoms with Crippen LogP contribution in [0.3, 0.4) is 0 Å². The zero-order valence-electron chi connectivity index (χ0n) is 12.5. The molecule has 0 saturated carbocycles. The molecular formula is C13H19N5O3S. The smallest absolute Gasteiger partial charge is 0.233 e. The van der Waals surface area contributed by atoms with Gasteiger partial charge in [0.2, 0.25) is 21.7 Å². The molecule has 2 aromatic heterocycles. The Morgan fingerprint density at radius 1 is 1.45 bits per heavy atom. The Kier molecular flexibility index (Phi) is 5.09. The highest BCUT2D eigenvalue weighted by atomic mass is 32.2. The SMILES string of the molecule is CC[C@@H](NC(=O)CCNS(C)(=O)=O)c1cn2cccnc2n1. The molecule has 0 radical (unpaired) electrons. The maximum absolute atomic E-state index is 11.9. The van der Waals surface area contributed by atoms with Gasteiger partial charge < -0.3 is 5.32 Å². The number of nitrogens with zero attached hydrogens (tertiary/aromatic N) is 3. The van der Waals surface area contributed by atoms with E-state index in [1.165, 1.54) is 0 Å². The number of sulfonamides is 1. The molecule has 22 heavy (non-hydrogen) atoms. The van der Waals surface area contributed by atoms with Gasteiger partial charge in [-0.3, -0.25) is 9.20 Å². The predicted molar refractivity (Wildman–Crippen MR) is 81.6 cm³/mol. The highest BCUT2D eigenvalue weighted by Gasteiger charge is 2.16. The van der Waals surface area contributed by atoms with Crippen molar-refractivity contribution in [2.75, 3.05) is 12.8 Å². The Morgan fingerprint density at radius 3 is 2.86 bits per heavy atom. The molecular weight excluding hydrogens is 306 g/mol. The summed E-state index contributed by atoms with van der Waals surface area (Å²) in [5.41, 5.74) is 0.727. The molecule has 0 aliphatic rings. The van der Waals surface area contributed by atoms with E-state index in [0.29, 0.717) is 12.2 Å². The van der Waals surface area contributed by atoms with Crippen molar-refractivity contribution in [3.05, 3.63) is 30.4 Å². The van der Waals surface area contributed by atoms with Gasteiger partial charge in [-0.15, -0.1) is 0 Å². The maximum atomic E-state index is 11.9. The average molecular weight is 325 g/mol. The van der Waals surface area contributed by atoms with E-state index in [4.69, 9.17) is 0 Å². The van der Waals surface area contributed by atoms with Crippen LogP contribution in [0.25, 0.3) is 5.78 Å². The van der Waals surface area contributed by atoms with Crippen molar-refractivity contribution in [1.29, 1.82) is 0 Å². The van der Waals surface area contributed by atoms with Crippen molar-refractivity contribution >= 4 is 21.7 Å². The monoisotopic (exact) mass is 325 g/mol. The van der Waals surface area contributed by atoms with Crippen LogP contribution in [-0.2, 0) is 14.8 Å². The molecule has 2 rings (SSSR count). The minimum atomic E-state index is -3.28. The first-order chi connectivity index (χ1) is 10.4. The van der Waals surface area contributed by atoms with Crippen molar-refractivity contribution < 1.29 is 13.2 Å². The second kappa shape index (κ2) is 6.84. The molecule has 0 bridgehead atoms. The van der Waals surface area contributed by atoms with E-state index < -0.39 is 10.0 Å². The number of hydrogen-bond donors (Lipinski definition) is 2.